The van der Waals surface area contributed by atoms with Crippen LogP contribution in [0.25, 0.3) is 10.9 Å². The molecule has 0 N–H and O–H groups in total. The number of carbonyl (C=O) groups is 1. The smallest absolute Gasteiger partial charge is 0.319 e. The first-order chi connectivity index (χ1) is 11.5. The minimum atomic E-state index is -0.484. The summed E-state index contributed by atoms with van der Waals surface area (Å²) >= 11 is 7.18. The van der Waals surface area contributed by atoms with Crippen LogP contribution in [0, 0.1) is 0 Å². The third-order valence-electron chi connectivity index (χ3n) is 3.30. The van der Waals surface area contributed by atoms with Gasteiger partial charge < -0.3 is 9.47 Å². The Morgan fingerprint density at radius 1 is 1.46 bits per heavy atom. The first-order valence-electron chi connectivity index (χ1n) is 7.50. The predicted molar refractivity (Wildman–Crippen MR) is 94.8 cm³/mol. The Bertz CT molecular complexity index is 793. The van der Waals surface area contributed by atoms with E-state index in [4.69, 9.17) is 21.1 Å². The van der Waals surface area contributed by atoms with Crippen molar-refractivity contribution >= 4 is 40.2 Å². The van der Waals surface area contributed by atoms with Crippen LogP contribution >= 0.6 is 23.4 Å². The Balaban J connectivity index is 2.48. The van der Waals surface area contributed by atoms with Gasteiger partial charge in [-0.15, -0.1) is 0 Å². The van der Waals surface area contributed by atoms with Gasteiger partial charge >= 0.3 is 5.97 Å². The molecule has 0 saturated heterocycles. The van der Waals surface area contributed by atoms with Crippen molar-refractivity contribution in [3.8, 4) is 0 Å². The van der Waals surface area contributed by atoms with E-state index in [0.717, 1.165) is 0 Å². The third kappa shape index (κ3) is 4.28. The SMILES string of the molecule is CCOC(=O)C(C)Sc1nc2cc(Cl)ccc2c(=O)n1CCOC. The first kappa shape index (κ1) is 18.8. The summed E-state index contributed by atoms with van der Waals surface area (Å²) in [4.78, 5) is 29.1. The number of fused-ring (bicyclic) bond motifs is 1. The molecule has 8 heteroatoms. The second kappa shape index (κ2) is 8.50. The van der Waals surface area contributed by atoms with Crippen LogP contribution in [0.4, 0.5) is 0 Å². The number of rotatable bonds is 7. The molecule has 24 heavy (non-hydrogen) atoms. The summed E-state index contributed by atoms with van der Waals surface area (Å²) in [7, 11) is 1.56. The Morgan fingerprint density at radius 2 is 2.21 bits per heavy atom. The third-order valence-corrected chi connectivity index (χ3v) is 4.61. The molecular weight excluding hydrogens is 352 g/mol. The van der Waals surface area contributed by atoms with E-state index in [1.165, 1.54) is 16.3 Å². The van der Waals surface area contributed by atoms with Gasteiger partial charge in [0.25, 0.3) is 5.56 Å². The van der Waals surface area contributed by atoms with Crippen molar-refractivity contribution in [2.24, 2.45) is 0 Å². The fourth-order valence-corrected chi connectivity index (χ4v) is 3.21. The summed E-state index contributed by atoms with van der Waals surface area (Å²) < 4.78 is 11.6. The molecule has 0 radical (unpaired) electrons. The minimum absolute atomic E-state index is 0.188. The normalized spacial score (nSPS) is 12.3. The molecular formula is C16H19ClN2O4S. The number of hydrogen-bond acceptors (Lipinski definition) is 6. The number of ether oxygens (including phenoxy) is 2. The van der Waals surface area contributed by atoms with Crippen molar-refractivity contribution in [1.29, 1.82) is 0 Å². The molecule has 1 aromatic carbocycles. The standard InChI is InChI=1S/C16H19ClN2O4S/c1-4-23-15(21)10(2)24-16-18-13-9-11(17)5-6-12(13)14(20)19(16)7-8-22-3/h5-6,9-10H,4,7-8H2,1-3H3. The quantitative estimate of drug-likeness (QED) is 0.424. The molecule has 2 rings (SSSR count). The van der Waals surface area contributed by atoms with Crippen molar-refractivity contribution in [3.05, 3.63) is 33.6 Å². The summed E-state index contributed by atoms with van der Waals surface area (Å²) in [5.74, 6) is -0.346. The summed E-state index contributed by atoms with van der Waals surface area (Å²) in [5, 5.41) is 0.928. The molecule has 130 valence electrons. The molecule has 0 aliphatic heterocycles. The number of aromatic nitrogens is 2. The molecule has 0 aliphatic rings. The van der Waals surface area contributed by atoms with Crippen molar-refractivity contribution in [1.82, 2.24) is 9.55 Å². The number of thioether (sulfide) groups is 1. The van der Waals surface area contributed by atoms with Crippen LogP contribution in [0.2, 0.25) is 5.02 Å². The van der Waals surface area contributed by atoms with Gasteiger partial charge in [-0.25, -0.2) is 4.98 Å². The summed E-state index contributed by atoms with van der Waals surface area (Å²) in [6.07, 6.45) is 0. The molecule has 1 unspecified atom stereocenters. The molecule has 0 spiro atoms. The molecule has 0 aliphatic carbocycles. The van der Waals surface area contributed by atoms with Crippen LogP contribution in [0.5, 0.6) is 0 Å². The monoisotopic (exact) mass is 370 g/mol. The number of methoxy groups -OCH3 is 1. The maximum Gasteiger partial charge on any atom is 0.319 e. The Morgan fingerprint density at radius 3 is 2.88 bits per heavy atom. The second-order valence-electron chi connectivity index (χ2n) is 5.02. The predicted octanol–water partition coefficient (Wildman–Crippen LogP) is 2.74. The molecule has 0 fully saturated rings. The van der Waals surface area contributed by atoms with E-state index in [1.807, 2.05) is 0 Å². The van der Waals surface area contributed by atoms with Gasteiger partial charge in [0.2, 0.25) is 0 Å². The van der Waals surface area contributed by atoms with Gasteiger partial charge in [0.05, 0.1) is 30.7 Å². The van der Waals surface area contributed by atoms with Crippen LogP contribution in [0.15, 0.2) is 28.2 Å². The fraction of sp³-hybridized carbons (Fsp3) is 0.438. The van der Waals surface area contributed by atoms with Gasteiger partial charge in [-0.2, -0.15) is 0 Å². The highest BCUT2D eigenvalue weighted by Gasteiger charge is 2.20. The van der Waals surface area contributed by atoms with Crippen molar-refractivity contribution in [2.75, 3.05) is 20.3 Å². The highest BCUT2D eigenvalue weighted by atomic mass is 35.5. The van der Waals surface area contributed by atoms with Gasteiger partial charge in [0, 0.05) is 12.1 Å². The fourth-order valence-electron chi connectivity index (χ4n) is 2.11. The highest BCUT2D eigenvalue weighted by molar-refractivity contribution is 8.00. The lowest BCUT2D eigenvalue weighted by Crippen LogP contribution is -2.27. The van der Waals surface area contributed by atoms with E-state index in [-0.39, 0.29) is 11.5 Å². The molecule has 1 atom stereocenters. The summed E-state index contributed by atoms with van der Waals surface area (Å²) in [6, 6.07) is 4.94. The number of benzene rings is 1. The Kier molecular flexibility index (Phi) is 6.65. The largest absolute Gasteiger partial charge is 0.465 e. The molecule has 1 aromatic heterocycles. The van der Waals surface area contributed by atoms with E-state index in [2.05, 4.69) is 4.98 Å². The molecule has 0 amide bonds. The van der Waals surface area contributed by atoms with Gasteiger partial charge in [0.1, 0.15) is 5.25 Å². The van der Waals surface area contributed by atoms with Crippen molar-refractivity contribution in [2.45, 2.75) is 30.8 Å². The summed E-state index contributed by atoms with van der Waals surface area (Å²) in [5.41, 5.74) is 0.312. The van der Waals surface area contributed by atoms with Gasteiger partial charge in [0.15, 0.2) is 5.16 Å². The average Bonchev–Trinajstić information content (AvgIpc) is 2.54. The number of nitrogens with zero attached hydrogens (tertiary/aromatic N) is 2. The van der Waals surface area contributed by atoms with Crippen LogP contribution < -0.4 is 5.56 Å². The maximum atomic E-state index is 12.7. The molecule has 1 heterocycles. The number of carbonyl (C=O) groups excluding carboxylic acids is 1. The number of esters is 1. The Labute approximate surface area is 149 Å². The van der Waals surface area contributed by atoms with E-state index in [0.29, 0.717) is 40.8 Å². The first-order valence-corrected chi connectivity index (χ1v) is 8.76. The van der Waals surface area contributed by atoms with Crippen molar-refractivity contribution < 1.29 is 14.3 Å². The topological polar surface area (TPSA) is 70.4 Å². The average molecular weight is 371 g/mol. The lowest BCUT2D eigenvalue weighted by atomic mass is 10.2. The zero-order valence-corrected chi connectivity index (χ0v) is 15.3. The van der Waals surface area contributed by atoms with Crippen LogP contribution in [0.1, 0.15) is 13.8 Å². The van der Waals surface area contributed by atoms with Crippen LogP contribution in [0.3, 0.4) is 0 Å². The van der Waals surface area contributed by atoms with Gasteiger partial charge in [-0.1, -0.05) is 23.4 Å². The van der Waals surface area contributed by atoms with Gasteiger partial charge in [-0.3, -0.25) is 14.2 Å². The Hall–Kier alpha value is -1.57. The molecule has 0 bridgehead atoms. The van der Waals surface area contributed by atoms with Gasteiger partial charge in [-0.05, 0) is 32.0 Å². The van der Waals surface area contributed by atoms with E-state index in [1.54, 1.807) is 39.2 Å². The second-order valence-corrected chi connectivity index (χ2v) is 6.76. The molecule has 6 nitrogen and oxygen atoms in total. The lowest BCUT2D eigenvalue weighted by molar-refractivity contribution is -0.142. The number of hydrogen-bond donors (Lipinski definition) is 0. The van der Waals surface area contributed by atoms with Crippen molar-refractivity contribution in [3.63, 3.8) is 0 Å². The minimum Gasteiger partial charge on any atom is -0.465 e. The molecule has 0 saturated carbocycles. The zero-order valence-electron chi connectivity index (χ0n) is 13.7. The zero-order chi connectivity index (χ0) is 17.7. The highest BCUT2D eigenvalue weighted by Crippen LogP contribution is 2.24. The molecule has 2 aromatic rings. The van der Waals surface area contributed by atoms with E-state index in [9.17, 15) is 9.59 Å². The van der Waals surface area contributed by atoms with Crippen LogP contribution in [-0.4, -0.2) is 41.1 Å². The van der Waals surface area contributed by atoms with E-state index >= 15 is 0 Å². The number of halogens is 1. The van der Waals surface area contributed by atoms with Crippen LogP contribution in [-0.2, 0) is 20.8 Å². The lowest BCUT2D eigenvalue weighted by Gasteiger charge is -2.15. The van der Waals surface area contributed by atoms with E-state index < -0.39 is 5.25 Å². The maximum absolute atomic E-state index is 12.7. The summed E-state index contributed by atoms with van der Waals surface area (Å²) in [6.45, 7) is 4.49.